The van der Waals surface area contributed by atoms with Crippen LogP contribution in [-0.2, 0) is 6.42 Å². The first-order valence-electron chi connectivity index (χ1n) is 7.20. The molecule has 0 bridgehead atoms. The van der Waals surface area contributed by atoms with E-state index in [-0.39, 0.29) is 0 Å². The number of hydrogen-bond donors (Lipinski definition) is 2. The highest BCUT2D eigenvalue weighted by Crippen LogP contribution is 2.14. The topological polar surface area (TPSA) is 55.3 Å². The van der Waals surface area contributed by atoms with Gasteiger partial charge in [-0.25, -0.2) is 4.98 Å². The zero-order valence-corrected chi connectivity index (χ0v) is 12.5. The number of imidazole rings is 1. The normalized spacial score (nSPS) is 13.2. The number of fused-ring (bicyclic) bond motifs is 1. The van der Waals surface area contributed by atoms with Crippen LogP contribution in [0.15, 0.2) is 17.8 Å². The largest absolute Gasteiger partial charge is 0.297 e. The molecule has 2 heterocycles. The maximum absolute atomic E-state index is 5.65. The van der Waals surface area contributed by atoms with E-state index in [0.29, 0.717) is 6.04 Å². The summed E-state index contributed by atoms with van der Waals surface area (Å²) in [5.74, 6) is 5.65. The molecule has 0 aliphatic heterocycles. The van der Waals surface area contributed by atoms with E-state index < -0.39 is 0 Å². The van der Waals surface area contributed by atoms with Crippen molar-refractivity contribution in [2.75, 3.05) is 0 Å². The first-order valence-corrected chi connectivity index (χ1v) is 8.08. The molecule has 0 radical (unpaired) electrons. The lowest BCUT2D eigenvalue weighted by molar-refractivity contribution is 0.458. The maximum atomic E-state index is 5.65. The summed E-state index contributed by atoms with van der Waals surface area (Å²) in [4.78, 5) is 5.67. The summed E-state index contributed by atoms with van der Waals surface area (Å²) in [6.45, 7) is 2.24. The van der Waals surface area contributed by atoms with Gasteiger partial charge in [-0.15, -0.1) is 11.3 Å². The standard InChI is InChI=1S/C14H24N4S/c1-2-3-4-5-6-7-12(17-15)10-13-11-18-8-9-19-14(18)16-13/h8-9,11-12,17H,2-7,10,15H2,1H3. The van der Waals surface area contributed by atoms with Gasteiger partial charge < -0.3 is 0 Å². The summed E-state index contributed by atoms with van der Waals surface area (Å²) in [5, 5.41) is 2.05. The van der Waals surface area contributed by atoms with E-state index in [2.05, 4.69) is 33.3 Å². The number of unbranched alkanes of at least 4 members (excludes halogenated alkanes) is 4. The third-order valence-corrected chi connectivity index (χ3v) is 4.26. The van der Waals surface area contributed by atoms with Gasteiger partial charge in [0.2, 0.25) is 0 Å². The van der Waals surface area contributed by atoms with Gasteiger partial charge in [0.15, 0.2) is 4.96 Å². The van der Waals surface area contributed by atoms with E-state index in [4.69, 9.17) is 5.84 Å². The minimum absolute atomic E-state index is 0.339. The fourth-order valence-corrected chi connectivity index (χ4v) is 3.08. The van der Waals surface area contributed by atoms with Gasteiger partial charge in [0.05, 0.1) is 5.69 Å². The summed E-state index contributed by atoms with van der Waals surface area (Å²) in [6.07, 6.45) is 12.7. The summed E-state index contributed by atoms with van der Waals surface area (Å²) in [5.41, 5.74) is 4.06. The zero-order chi connectivity index (χ0) is 13.5. The Labute approximate surface area is 119 Å². The first kappa shape index (κ1) is 14.5. The van der Waals surface area contributed by atoms with E-state index in [1.54, 1.807) is 11.3 Å². The molecule has 1 unspecified atom stereocenters. The highest BCUT2D eigenvalue weighted by Gasteiger charge is 2.10. The van der Waals surface area contributed by atoms with E-state index in [0.717, 1.165) is 23.5 Å². The predicted molar refractivity (Wildman–Crippen MR) is 81.3 cm³/mol. The Morgan fingerprint density at radius 3 is 2.95 bits per heavy atom. The Bertz CT molecular complexity index is 448. The molecule has 19 heavy (non-hydrogen) atoms. The monoisotopic (exact) mass is 280 g/mol. The van der Waals surface area contributed by atoms with Gasteiger partial charge in [0, 0.05) is 30.2 Å². The van der Waals surface area contributed by atoms with Crippen molar-refractivity contribution in [3.8, 4) is 0 Å². The molecule has 4 nitrogen and oxygen atoms in total. The van der Waals surface area contributed by atoms with Crippen molar-refractivity contribution in [3.05, 3.63) is 23.5 Å². The number of rotatable bonds is 9. The van der Waals surface area contributed by atoms with Gasteiger partial charge >= 0.3 is 0 Å². The molecule has 1 atom stereocenters. The van der Waals surface area contributed by atoms with Gasteiger partial charge in [0.25, 0.3) is 0 Å². The number of hydrogen-bond acceptors (Lipinski definition) is 4. The van der Waals surface area contributed by atoms with Crippen molar-refractivity contribution in [2.24, 2.45) is 5.84 Å². The average molecular weight is 280 g/mol. The summed E-state index contributed by atoms with van der Waals surface area (Å²) in [7, 11) is 0. The summed E-state index contributed by atoms with van der Waals surface area (Å²) < 4.78 is 2.08. The highest BCUT2D eigenvalue weighted by atomic mass is 32.1. The lowest BCUT2D eigenvalue weighted by atomic mass is 10.0. The molecular weight excluding hydrogens is 256 g/mol. The predicted octanol–water partition coefficient (Wildman–Crippen LogP) is 3.13. The molecule has 3 N–H and O–H groups in total. The molecule has 106 valence electrons. The minimum Gasteiger partial charge on any atom is -0.297 e. The molecule has 5 heteroatoms. The van der Waals surface area contributed by atoms with Gasteiger partial charge in [0.1, 0.15) is 0 Å². The molecule has 0 aliphatic carbocycles. The van der Waals surface area contributed by atoms with Gasteiger partial charge in [-0.3, -0.25) is 15.7 Å². The molecule has 2 rings (SSSR count). The minimum atomic E-state index is 0.339. The second-order valence-corrected chi connectivity index (χ2v) is 5.97. The van der Waals surface area contributed by atoms with Gasteiger partial charge in [-0.1, -0.05) is 39.0 Å². The molecule has 2 aromatic heterocycles. The quantitative estimate of drug-likeness (QED) is 0.421. The van der Waals surface area contributed by atoms with Crippen LogP contribution in [-0.4, -0.2) is 15.4 Å². The molecule has 0 saturated heterocycles. The van der Waals surface area contributed by atoms with Crippen LogP contribution in [0.4, 0.5) is 0 Å². The third-order valence-electron chi connectivity index (χ3n) is 3.49. The fourth-order valence-electron chi connectivity index (χ4n) is 2.37. The van der Waals surface area contributed by atoms with Crippen LogP contribution < -0.4 is 11.3 Å². The van der Waals surface area contributed by atoms with Crippen LogP contribution in [0.3, 0.4) is 0 Å². The van der Waals surface area contributed by atoms with Gasteiger partial charge in [-0.2, -0.15) is 0 Å². The van der Waals surface area contributed by atoms with Crippen molar-refractivity contribution in [1.82, 2.24) is 14.8 Å². The van der Waals surface area contributed by atoms with Crippen molar-refractivity contribution in [1.29, 1.82) is 0 Å². The average Bonchev–Trinajstić information content (AvgIpc) is 2.97. The van der Waals surface area contributed by atoms with Crippen LogP contribution >= 0.6 is 11.3 Å². The number of hydrazine groups is 1. The van der Waals surface area contributed by atoms with E-state index >= 15 is 0 Å². The lowest BCUT2D eigenvalue weighted by Gasteiger charge is -2.14. The summed E-state index contributed by atoms with van der Waals surface area (Å²) >= 11 is 1.67. The second-order valence-electron chi connectivity index (χ2n) is 5.10. The molecule has 0 spiro atoms. The van der Waals surface area contributed by atoms with Crippen LogP contribution in [0.1, 0.15) is 51.1 Å². The molecule has 2 aromatic rings. The van der Waals surface area contributed by atoms with Crippen LogP contribution in [0.5, 0.6) is 0 Å². The molecular formula is C14H24N4S. The SMILES string of the molecule is CCCCCCCC(Cc1cn2ccsc2n1)NN. The number of thiazole rings is 1. The van der Waals surface area contributed by atoms with Crippen molar-refractivity contribution >= 4 is 16.3 Å². The maximum Gasteiger partial charge on any atom is 0.193 e. The van der Waals surface area contributed by atoms with E-state index in [1.807, 2.05) is 6.20 Å². The molecule has 0 aliphatic rings. The Morgan fingerprint density at radius 1 is 1.37 bits per heavy atom. The molecule has 0 aromatic carbocycles. The van der Waals surface area contributed by atoms with Crippen molar-refractivity contribution < 1.29 is 0 Å². The first-order chi connectivity index (χ1) is 9.33. The smallest absolute Gasteiger partial charge is 0.193 e. The summed E-state index contributed by atoms with van der Waals surface area (Å²) in [6, 6.07) is 0.339. The van der Waals surface area contributed by atoms with E-state index in [1.165, 1.54) is 32.1 Å². The number of nitrogens with two attached hydrogens (primary N) is 1. The fraction of sp³-hybridized carbons (Fsp3) is 0.643. The van der Waals surface area contributed by atoms with Crippen LogP contribution in [0.25, 0.3) is 4.96 Å². The number of aromatic nitrogens is 2. The van der Waals surface area contributed by atoms with Crippen LogP contribution in [0, 0.1) is 0 Å². The Kier molecular flexibility index (Phi) is 5.82. The number of nitrogens with one attached hydrogen (secondary N) is 1. The zero-order valence-electron chi connectivity index (χ0n) is 11.6. The lowest BCUT2D eigenvalue weighted by Crippen LogP contribution is -2.36. The Hall–Kier alpha value is -0.910. The van der Waals surface area contributed by atoms with Crippen LogP contribution in [0.2, 0.25) is 0 Å². The molecule has 0 saturated carbocycles. The van der Waals surface area contributed by atoms with Crippen molar-refractivity contribution in [3.63, 3.8) is 0 Å². The number of nitrogens with zero attached hydrogens (tertiary/aromatic N) is 2. The van der Waals surface area contributed by atoms with E-state index in [9.17, 15) is 0 Å². The van der Waals surface area contributed by atoms with Gasteiger partial charge in [-0.05, 0) is 6.42 Å². The Balaban J connectivity index is 1.76. The van der Waals surface area contributed by atoms with Crippen molar-refractivity contribution in [2.45, 2.75) is 57.9 Å². The highest BCUT2D eigenvalue weighted by molar-refractivity contribution is 7.15. The molecule has 0 amide bonds. The second kappa shape index (κ2) is 7.62. The molecule has 0 fully saturated rings. The third kappa shape index (κ3) is 4.30. The Morgan fingerprint density at radius 2 is 2.21 bits per heavy atom.